The van der Waals surface area contributed by atoms with Crippen molar-refractivity contribution >= 4 is 31.9 Å². The molecule has 4 heteroatoms. The summed E-state index contributed by atoms with van der Waals surface area (Å²) in [6.07, 6.45) is 0. The molecule has 0 saturated heterocycles. The molecule has 0 heterocycles. The third kappa shape index (κ3) is 3.48. The predicted octanol–water partition coefficient (Wildman–Crippen LogP) is 5.36. The Kier molecular flexibility index (Phi) is 5.35. The van der Waals surface area contributed by atoms with Gasteiger partial charge in [0.2, 0.25) is 0 Å². The molecule has 0 spiro atoms. The first-order valence-corrected chi connectivity index (χ1v) is 8.06. The minimum atomic E-state index is -0.242. The molecule has 1 unspecified atom stereocenters. The maximum absolute atomic E-state index is 13.4. The highest BCUT2D eigenvalue weighted by Gasteiger charge is 2.15. The van der Waals surface area contributed by atoms with Crippen LogP contribution in [0, 0.1) is 12.7 Å². The second-order valence-electron chi connectivity index (χ2n) is 4.67. The molecule has 0 aromatic heterocycles. The van der Waals surface area contributed by atoms with Crippen LogP contribution in [-0.2, 0) is 0 Å². The molecule has 1 N–H and O–H groups in total. The van der Waals surface area contributed by atoms with E-state index in [1.54, 1.807) is 0 Å². The van der Waals surface area contributed by atoms with Gasteiger partial charge in [-0.05, 0) is 64.3 Å². The zero-order valence-electron chi connectivity index (χ0n) is 11.4. The van der Waals surface area contributed by atoms with Crippen LogP contribution in [0.3, 0.4) is 0 Å². The van der Waals surface area contributed by atoms with Crippen molar-refractivity contribution in [2.75, 3.05) is 6.54 Å². The van der Waals surface area contributed by atoms with Gasteiger partial charge in [-0.25, -0.2) is 4.39 Å². The molecule has 2 aromatic rings. The Morgan fingerprint density at radius 2 is 1.65 bits per heavy atom. The Morgan fingerprint density at radius 3 is 2.20 bits per heavy atom. The molecular formula is C16H16Br2FN. The quantitative estimate of drug-likeness (QED) is 0.728. The Morgan fingerprint density at radius 1 is 1.05 bits per heavy atom. The van der Waals surface area contributed by atoms with Crippen molar-refractivity contribution in [1.29, 1.82) is 0 Å². The van der Waals surface area contributed by atoms with Crippen LogP contribution in [0.4, 0.5) is 4.39 Å². The van der Waals surface area contributed by atoms with Crippen LogP contribution in [0.15, 0.2) is 45.3 Å². The van der Waals surface area contributed by atoms with Crippen molar-refractivity contribution in [3.05, 3.63) is 67.9 Å². The van der Waals surface area contributed by atoms with Gasteiger partial charge < -0.3 is 5.32 Å². The van der Waals surface area contributed by atoms with Gasteiger partial charge in [0.15, 0.2) is 0 Å². The van der Waals surface area contributed by atoms with Gasteiger partial charge in [0.05, 0.1) is 10.5 Å². The van der Waals surface area contributed by atoms with Crippen molar-refractivity contribution in [1.82, 2.24) is 5.32 Å². The zero-order valence-corrected chi connectivity index (χ0v) is 14.6. The predicted molar refractivity (Wildman–Crippen MR) is 88.5 cm³/mol. The minimum absolute atomic E-state index is 0.0498. The van der Waals surface area contributed by atoms with E-state index in [0.717, 1.165) is 22.1 Å². The molecule has 2 aromatic carbocycles. The second kappa shape index (κ2) is 6.83. The molecule has 1 nitrogen and oxygen atoms in total. The van der Waals surface area contributed by atoms with Crippen molar-refractivity contribution in [2.45, 2.75) is 19.9 Å². The van der Waals surface area contributed by atoms with Gasteiger partial charge in [-0.3, -0.25) is 0 Å². The van der Waals surface area contributed by atoms with Crippen LogP contribution < -0.4 is 5.32 Å². The summed E-state index contributed by atoms with van der Waals surface area (Å²) < 4.78 is 15.0. The fourth-order valence-electron chi connectivity index (χ4n) is 2.11. The fraction of sp³-hybridized carbons (Fsp3) is 0.250. The lowest BCUT2D eigenvalue weighted by molar-refractivity contribution is 0.608. The minimum Gasteiger partial charge on any atom is -0.307 e. The van der Waals surface area contributed by atoms with E-state index >= 15 is 0 Å². The Balaban J connectivity index is 2.44. The number of rotatable bonds is 4. The molecule has 20 heavy (non-hydrogen) atoms. The summed E-state index contributed by atoms with van der Waals surface area (Å²) in [6, 6.07) is 11.5. The van der Waals surface area contributed by atoms with Crippen LogP contribution in [-0.4, -0.2) is 6.54 Å². The van der Waals surface area contributed by atoms with Gasteiger partial charge >= 0.3 is 0 Å². The molecule has 0 fully saturated rings. The van der Waals surface area contributed by atoms with Gasteiger partial charge in [0.25, 0.3) is 0 Å². The standard InChI is InChI=1S/C16H16Br2FN/c1-3-20-16(11-5-4-10(2)13(17)8-11)12-6-7-15(19)14(18)9-12/h4-9,16,20H,3H2,1-2H3. The Labute approximate surface area is 135 Å². The van der Waals surface area contributed by atoms with Crippen LogP contribution in [0.1, 0.15) is 29.7 Å². The number of nitrogens with one attached hydrogen (secondary N) is 1. The van der Waals surface area contributed by atoms with E-state index in [1.807, 2.05) is 12.1 Å². The van der Waals surface area contributed by atoms with Gasteiger partial charge in [-0.2, -0.15) is 0 Å². The number of hydrogen-bond acceptors (Lipinski definition) is 1. The van der Waals surface area contributed by atoms with Crippen LogP contribution in [0.5, 0.6) is 0 Å². The van der Waals surface area contributed by atoms with Crippen LogP contribution >= 0.6 is 31.9 Å². The molecule has 0 saturated carbocycles. The molecule has 0 amide bonds. The maximum atomic E-state index is 13.4. The number of hydrogen-bond donors (Lipinski definition) is 1. The van der Waals surface area contributed by atoms with E-state index in [2.05, 4.69) is 69.2 Å². The number of benzene rings is 2. The molecular weight excluding hydrogens is 385 g/mol. The third-order valence-corrected chi connectivity index (χ3v) is 4.68. The molecule has 0 aliphatic rings. The average Bonchev–Trinajstić information content (AvgIpc) is 2.43. The van der Waals surface area contributed by atoms with E-state index in [4.69, 9.17) is 0 Å². The van der Waals surface area contributed by atoms with Crippen LogP contribution in [0.25, 0.3) is 0 Å². The van der Waals surface area contributed by atoms with E-state index < -0.39 is 0 Å². The van der Waals surface area contributed by atoms with Crippen molar-refractivity contribution in [2.24, 2.45) is 0 Å². The average molecular weight is 401 g/mol. The molecule has 0 aliphatic heterocycles. The lowest BCUT2D eigenvalue weighted by atomic mass is 9.98. The molecule has 1 atom stereocenters. The monoisotopic (exact) mass is 399 g/mol. The third-order valence-electron chi connectivity index (χ3n) is 3.21. The van der Waals surface area contributed by atoms with Crippen molar-refractivity contribution in [3.63, 3.8) is 0 Å². The number of aryl methyl sites for hydroxylation is 1. The van der Waals surface area contributed by atoms with Gasteiger partial charge in [-0.1, -0.05) is 41.1 Å². The topological polar surface area (TPSA) is 12.0 Å². The summed E-state index contributed by atoms with van der Waals surface area (Å²) in [5, 5.41) is 3.44. The van der Waals surface area contributed by atoms with E-state index in [1.165, 1.54) is 11.6 Å². The summed E-state index contributed by atoms with van der Waals surface area (Å²) in [5.41, 5.74) is 3.39. The first-order valence-electron chi connectivity index (χ1n) is 6.47. The lowest BCUT2D eigenvalue weighted by Crippen LogP contribution is -2.22. The Bertz CT molecular complexity index is 562. The second-order valence-corrected chi connectivity index (χ2v) is 6.38. The number of halogens is 3. The largest absolute Gasteiger partial charge is 0.307 e. The highest BCUT2D eigenvalue weighted by Crippen LogP contribution is 2.29. The molecule has 0 bridgehead atoms. The Hall–Kier alpha value is -0.710. The molecule has 2 rings (SSSR count). The van der Waals surface area contributed by atoms with Crippen molar-refractivity contribution < 1.29 is 4.39 Å². The fourth-order valence-corrected chi connectivity index (χ4v) is 2.91. The van der Waals surface area contributed by atoms with E-state index in [-0.39, 0.29) is 11.9 Å². The van der Waals surface area contributed by atoms with E-state index in [0.29, 0.717) is 4.47 Å². The van der Waals surface area contributed by atoms with Crippen molar-refractivity contribution in [3.8, 4) is 0 Å². The summed E-state index contributed by atoms with van der Waals surface area (Å²) in [7, 11) is 0. The molecule has 0 aliphatic carbocycles. The van der Waals surface area contributed by atoms with Gasteiger partial charge in [0, 0.05) is 4.47 Å². The maximum Gasteiger partial charge on any atom is 0.137 e. The highest BCUT2D eigenvalue weighted by molar-refractivity contribution is 9.10. The summed E-state index contributed by atoms with van der Waals surface area (Å²) in [6.45, 7) is 4.96. The molecule has 0 radical (unpaired) electrons. The van der Waals surface area contributed by atoms with Gasteiger partial charge in [0.1, 0.15) is 5.82 Å². The zero-order chi connectivity index (χ0) is 14.7. The SMILES string of the molecule is CCNC(c1ccc(C)c(Br)c1)c1ccc(F)c(Br)c1. The highest BCUT2D eigenvalue weighted by atomic mass is 79.9. The smallest absolute Gasteiger partial charge is 0.137 e. The first-order chi connectivity index (χ1) is 9.52. The summed E-state index contributed by atoms with van der Waals surface area (Å²) in [5.74, 6) is -0.242. The van der Waals surface area contributed by atoms with E-state index in [9.17, 15) is 4.39 Å². The molecule has 106 valence electrons. The lowest BCUT2D eigenvalue weighted by Gasteiger charge is -2.20. The van der Waals surface area contributed by atoms with Crippen LogP contribution in [0.2, 0.25) is 0 Å². The first kappa shape index (κ1) is 15.7. The summed E-state index contributed by atoms with van der Waals surface area (Å²) in [4.78, 5) is 0. The van der Waals surface area contributed by atoms with Gasteiger partial charge in [-0.15, -0.1) is 0 Å². The summed E-state index contributed by atoms with van der Waals surface area (Å²) >= 11 is 6.82. The normalized spacial score (nSPS) is 12.4.